The van der Waals surface area contributed by atoms with Gasteiger partial charge in [0, 0.05) is 24.4 Å². The summed E-state index contributed by atoms with van der Waals surface area (Å²) in [5.41, 5.74) is 6.28. The number of alkyl halides is 3. The van der Waals surface area contributed by atoms with Crippen LogP contribution in [-0.4, -0.2) is 21.1 Å². The summed E-state index contributed by atoms with van der Waals surface area (Å²) in [6.45, 7) is 2.02. The van der Waals surface area contributed by atoms with E-state index in [4.69, 9.17) is 5.73 Å². The van der Waals surface area contributed by atoms with Crippen molar-refractivity contribution in [3.8, 4) is 0 Å². The van der Waals surface area contributed by atoms with Crippen LogP contribution in [0.4, 0.5) is 13.2 Å². The molecule has 0 aliphatic heterocycles. The SMILES string of the molecule is Cc1cc(S(=O)(=O)NCCCCC(F)(F)F)sc1CN. The van der Waals surface area contributed by atoms with Gasteiger partial charge in [-0.3, -0.25) is 0 Å². The first-order chi connectivity index (χ1) is 9.15. The van der Waals surface area contributed by atoms with Gasteiger partial charge in [-0.1, -0.05) is 0 Å². The zero-order valence-electron chi connectivity index (χ0n) is 11.0. The first-order valence-corrected chi connectivity index (χ1v) is 8.31. The first kappa shape index (κ1) is 17.4. The standard InChI is InChI=1S/C11H17F3N2O2S2/c1-8-6-10(19-9(8)7-15)20(17,18)16-5-3-2-4-11(12,13)14/h6,16H,2-5,7,15H2,1H3. The first-order valence-electron chi connectivity index (χ1n) is 6.01. The summed E-state index contributed by atoms with van der Waals surface area (Å²) < 4.78 is 62.0. The van der Waals surface area contributed by atoms with Crippen LogP contribution in [-0.2, 0) is 16.6 Å². The molecule has 0 unspecified atom stereocenters. The molecule has 0 saturated carbocycles. The summed E-state index contributed by atoms with van der Waals surface area (Å²) in [5, 5.41) is 0. The van der Waals surface area contributed by atoms with Crippen molar-refractivity contribution >= 4 is 21.4 Å². The molecular weight excluding hydrogens is 313 g/mol. The highest BCUT2D eigenvalue weighted by atomic mass is 32.2. The van der Waals surface area contributed by atoms with Crippen molar-refractivity contribution in [3.63, 3.8) is 0 Å². The van der Waals surface area contributed by atoms with Crippen LogP contribution in [0.15, 0.2) is 10.3 Å². The summed E-state index contributed by atoms with van der Waals surface area (Å²) >= 11 is 1.08. The fourth-order valence-corrected chi connectivity index (χ4v) is 4.14. The molecule has 0 amide bonds. The van der Waals surface area contributed by atoms with Crippen LogP contribution < -0.4 is 10.5 Å². The van der Waals surface area contributed by atoms with E-state index in [0.29, 0.717) is 0 Å². The minimum Gasteiger partial charge on any atom is -0.326 e. The van der Waals surface area contributed by atoms with E-state index in [1.54, 1.807) is 6.92 Å². The van der Waals surface area contributed by atoms with Crippen molar-refractivity contribution in [2.45, 2.75) is 43.1 Å². The highest BCUT2D eigenvalue weighted by Gasteiger charge is 2.26. The molecule has 0 aliphatic carbocycles. The molecule has 3 N–H and O–H groups in total. The van der Waals surface area contributed by atoms with Crippen LogP contribution in [0.1, 0.15) is 29.7 Å². The lowest BCUT2D eigenvalue weighted by molar-refractivity contribution is -0.135. The maximum absolute atomic E-state index is 11.9. The van der Waals surface area contributed by atoms with Gasteiger partial charge in [-0.25, -0.2) is 13.1 Å². The molecule has 0 fully saturated rings. The van der Waals surface area contributed by atoms with E-state index in [0.717, 1.165) is 21.8 Å². The maximum Gasteiger partial charge on any atom is 0.389 e. The molecule has 0 bridgehead atoms. The van der Waals surface area contributed by atoms with Gasteiger partial charge in [0.05, 0.1) is 0 Å². The molecule has 0 atom stereocenters. The Hall–Kier alpha value is -0.640. The molecule has 4 nitrogen and oxygen atoms in total. The Morgan fingerprint density at radius 3 is 2.50 bits per heavy atom. The Morgan fingerprint density at radius 1 is 1.35 bits per heavy atom. The fraction of sp³-hybridized carbons (Fsp3) is 0.636. The van der Waals surface area contributed by atoms with Crippen molar-refractivity contribution in [3.05, 3.63) is 16.5 Å². The largest absolute Gasteiger partial charge is 0.389 e. The molecule has 0 saturated heterocycles. The Labute approximate surface area is 120 Å². The van der Waals surface area contributed by atoms with E-state index in [1.807, 2.05) is 0 Å². The van der Waals surface area contributed by atoms with E-state index in [9.17, 15) is 21.6 Å². The lowest BCUT2D eigenvalue weighted by Gasteiger charge is -2.06. The third-order valence-electron chi connectivity index (χ3n) is 2.63. The lowest BCUT2D eigenvalue weighted by Crippen LogP contribution is -2.24. The maximum atomic E-state index is 11.9. The van der Waals surface area contributed by atoms with Gasteiger partial charge in [0.1, 0.15) is 4.21 Å². The van der Waals surface area contributed by atoms with Crippen molar-refractivity contribution < 1.29 is 21.6 Å². The van der Waals surface area contributed by atoms with Gasteiger partial charge in [0.2, 0.25) is 10.0 Å². The number of nitrogens with two attached hydrogens (primary N) is 1. The molecule has 0 aliphatic rings. The Kier molecular flexibility index (Phi) is 5.99. The van der Waals surface area contributed by atoms with Gasteiger partial charge in [-0.2, -0.15) is 13.2 Å². The van der Waals surface area contributed by atoms with Crippen molar-refractivity contribution in [1.82, 2.24) is 4.72 Å². The molecule has 9 heteroatoms. The number of hydrogen-bond acceptors (Lipinski definition) is 4. The number of rotatable bonds is 7. The second-order valence-corrected chi connectivity index (χ2v) is 7.48. The van der Waals surface area contributed by atoms with Crippen molar-refractivity contribution in [1.29, 1.82) is 0 Å². The number of aryl methyl sites for hydroxylation is 1. The fourth-order valence-electron chi connectivity index (χ4n) is 1.55. The van der Waals surface area contributed by atoms with Gasteiger partial charge in [0.25, 0.3) is 0 Å². The van der Waals surface area contributed by atoms with Crippen LogP contribution >= 0.6 is 11.3 Å². The second kappa shape index (κ2) is 6.88. The van der Waals surface area contributed by atoms with E-state index < -0.39 is 22.6 Å². The number of thiophene rings is 1. The van der Waals surface area contributed by atoms with Gasteiger partial charge < -0.3 is 5.73 Å². The summed E-state index contributed by atoms with van der Waals surface area (Å²) in [6, 6.07) is 1.52. The van der Waals surface area contributed by atoms with E-state index >= 15 is 0 Å². The molecule has 0 radical (unpaired) electrons. The number of hydrogen-bond donors (Lipinski definition) is 2. The van der Waals surface area contributed by atoms with Gasteiger partial charge in [-0.05, 0) is 31.4 Å². The predicted octanol–water partition coefficient (Wildman–Crippen LogP) is 2.53. The molecular formula is C11H17F3N2O2S2. The number of unbranched alkanes of at least 4 members (excludes halogenated alkanes) is 1. The average Bonchev–Trinajstić information content (AvgIpc) is 2.69. The molecule has 0 spiro atoms. The highest BCUT2D eigenvalue weighted by Crippen LogP contribution is 2.25. The monoisotopic (exact) mass is 330 g/mol. The Morgan fingerprint density at radius 2 is 2.00 bits per heavy atom. The van der Waals surface area contributed by atoms with E-state index in [-0.39, 0.29) is 30.1 Å². The topological polar surface area (TPSA) is 72.2 Å². The zero-order valence-corrected chi connectivity index (χ0v) is 12.6. The second-order valence-electron chi connectivity index (χ2n) is 4.35. The lowest BCUT2D eigenvalue weighted by atomic mass is 10.2. The van der Waals surface area contributed by atoms with Crippen LogP contribution in [0.2, 0.25) is 0 Å². The molecule has 1 heterocycles. The summed E-state index contributed by atoms with van der Waals surface area (Å²) in [6.07, 6.45) is -5.04. The molecule has 0 aromatic carbocycles. The highest BCUT2D eigenvalue weighted by molar-refractivity contribution is 7.91. The van der Waals surface area contributed by atoms with Crippen LogP contribution in [0.3, 0.4) is 0 Å². The Balaban J connectivity index is 2.49. The van der Waals surface area contributed by atoms with Gasteiger partial charge in [-0.15, -0.1) is 11.3 Å². The number of sulfonamides is 1. The third-order valence-corrected chi connectivity index (χ3v) is 5.82. The van der Waals surface area contributed by atoms with Gasteiger partial charge in [0.15, 0.2) is 0 Å². The average molecular weight is 330 g/mol. The molecule has 1 aromatic rings. The summed E-state index contributed by atoms with van der Waals surface area (Å²) in [5.74, 6) is 0. The predicted molar refractivity (Wildman–Crippen MR) is 72.0 cm³/mol. The van der Waals surface area contributed by atoms with Crippen molar-refractivity contribution in [2.24, 2.45) is 5.73 Å². The quantitative estimate of drug-likeness (QED) is 0.755. The van der Waals surface area contributed by atoms with Crippen LogP contribution in [0, 0.1) is 6.92 Å². The smallest absolute Gasteiger partial charge is 0.326 e. The number of halogens is 3. The van der Waals surface area contributed by atoms with Crippen LogP contribution in [0.5, 0.6) is 0 Å². The minimum atomic E-state index is -4.19. The van der Waals surface area contributed by atoms with E-state index in [1.165, 1.54) is 6.07 Å². The summed E-state index contributed by atoms with van der Waals surface area (Å²) in [4.78, 5) is 0.780. The van der Waals surface area contributed by atoms with Gasteiger partial charge >= 0.3 is 6.18 Å². The molecule has 116 valence electrons. The Bertz CT molecular complexity index is 538. The molecule has 1 aromatic heterocycles. The summed E-state index contributed by atoms with van der Waals surface area (Å²) in [7, 11) is -3.66. The minimum absolute atomic E-state index is 0.00663. The van der Waals surface area contributed by atoms with Crippen molar-refractivity contribution in [2.75, 3.05) is 6.54 Å². The normalized spacial score (nSPS) is 12.8. The van der Waals surface area contributed by atoms with E-state index in [2.05, 4.69) is 4.72 Å². The van der Waals surface area contributed by atoms with Crippen LogP contribution in [0.25, 0.3) is 0 Å². The molecule has 1 rings (SSSR count). The third kappa shape index (κ3) is 5.39. The molecule has 20 heavy (non-hydrogen) atoms. The zero-order chi connectivity index (χ0) is 15.4. The number of nitrogens with one attached hydrogen (secondary N) is 1.